The number of para-hydroxylation sites is 1. The fraction of sp³-hybridized carbons (Fsp3) is 0.429. The van der Waals surface area contributed by atoms with E-state index in [4.69, 9.17) is 0 Å². The van der Waals surface area contributed by atoms with Crippen molar-refractivity contribution in [3.05, 3.63) is 45.8 Å². The van der Waals surface area contributed by atoms with Crippen LogP contribution >= 0.6 is 0 Å². The minimum absolute atomic E-state index is 0.410. The van der Waals surface area contributed by atoms with E-state index in [0.717, 1.165) is 24.7 Å². The molecular weight excluding hydrogens is 247 g/mol. The Morgan fingerprint density at radius 3 is 2.68 bits per heavy atom. The first-order chi connectivity index (χ1) is 9.00. The minimum atomic E-state index is -0.769. The van der Waals surface area contributed by atoms with Crippen LogP contribution in [0.25, 0.3) is 5.57 Å². The molecular formula is C14H17FN2O2. The number of rotatable bonds is 3. The van der Waals surface area contributed by atoms with Gasteiger partial charge in [0.05, 0.1) is 10.5 Å². The zero-order chi connectivity index (χ0) is 14.0. The van der Waals surface area contributed by atoms with E-state index in [1.807, 2.05) is 6.08 Å². The molecule has 0 atom stereocenters. The van der Waals surface area contributed by atoms with Gasteiger partial charge >= 0.3 is 5.69 Å². The van der Waals surface area contributed by atoms with Gasteiger partial charge in [0.15, 0.2) is 0 Å². The van der Waals surface area contributed by atoms with E-state index in [-0.39, 0.29) is 0 Å². The van der Waals surface area contributed by atoms with Crippen molar-refractivity contribution in [1.29, 1.82) is 0 Å². The highest BCUT2D eigenvalue weighted by atomic mass is 19.1. The van der Waals surface area contributed by atoms with Crippen molar-refractivity contribution in [3.8, 4) is 0 Å². The first-order valence-corrected chi connectivity index (χ1v) is 6.37. The first-order valence-electron chi connectivity index (χ1n) is 6.37. The van der Waals surface area contributed by atoms with Gasteiger partial charge in [-0.25, -0.2) is 0 Å². The number of hydrogen-bond donors (Lipinski definition) is 0. The third-order valence-corrected chi connectivity index (χ3v) is 3.49. The van der Waals surface area contributed by atoms with Gasteiger partial charge in [-0.3, -0.25) is 15.0 Å². The van der Waals surface area contributed by atoms with Crippen LogP contribution in [0.4, 0.5) is 10.1 Å². The fourth-order valence-electron chi connectivity index (χ4n) is 2.36. The van der Waals surface area contributed by atoms with E-state index in [9.17, 15) is 14.5 Å². The maximum atomic E-state index is 13.6. The SMILES string of the molecule is CC(C)N1CC=C(c2cccc(F)c2[N+](=O)[O-])CC1. The van der Waals surface area contributed by atoms with E-state index in [2.05, 4.69) is 18.7 Å². The highest BCUT2D eigenvalue weighted by molar-refractivity contribution is 5.73. The van der Waals surface area contributed by atoms with Crippen molar-refractivity contribution < 1.29 is 9.31 Å². The number of halogens is 1. The number of benzene rings is 1. The van der Waals surface area contributed by atoms with Crippen LogP contribution in [0, 0.1) is 15.9 Å². The van der Waals surface area contributed by atoms with Crippen LogP contribution in [0.2, 0.25) is 0 Å². The van der Waals surface area contributed by atoms with Gasteiger partial charge in [0, 0.05) is 19.1 Å². The molecule has 0 fully saturated rings. The van der Waals surface area contributed by atoms with Crippen LogP contribution in [-0.2, 0) is 0 Å². The number of hydrogen-bond acceptors (Lipinski definition) is 3. The Labute approximate surface area is 111 Å². The first kappa shape index (κ1) is 13.7. The summed E-state index contributed by atoms with van der Waals surface area (Å²) in [5, 5.41) is 11.0. The average molecular weight is 264 g/mol. The molecule has 0 aromatic heterocycles. The quantitative estimate of drug-likeness (QED) is 0.622. The van der Waals surface area contributed by atoms with Crippen molar-refractivity contribution in [2.75, 3.05) is 13.1 Å². The molecule has 0 N–H and O–H groups in total. The largest absolute Gasteiger partial charge is 0.312 e. The molecule has 5 heteroatoms. The second kappa shape index (κ2) is 5.48. The van der Waals surface area contributed by atoms with E-state index in [1.54, 1.807) is 6.07 Å². The van der Waals surface area contributed by atoms with Crippen molar-refractivity contribution in [2.45, 2.75) is 26.3 Å². The minimum Gasteiger partial charge on any atom is -0.297 e. The third kappa shape index (κ3) is 2.81. The van der Waals surface area contributed by atoms with Gasteiger partial charge in [-0.2, -0.15) is 4.39 Å². The van der Waals surface area contributed by atoms with Gasteiger partial charge < -0.3 is 0 Å². The monoisotopic (exact) mass is 264 g/mol. The normalized spacial score (nSPS) is 16.5. The van der Waals surface area contributed by atoms with Gasteiger partial charge in [0.2, 0.25) is 5.82 Å². The lowest BCUT2D eigenvalue weighted by Gasteiger charge is -2.29. The molecule has 0 bridgehead atoms. The Hall–Kier alpha value is -1.75. The zero-order valence-corrected chi connectivity index (χ0v) is 11.1. The molecule has 102 valence electrons. The summed E-state index contributed by atoms with van der Waals surface area (Å²) in [6.07, 6.45) is 2.67. The van der Waals surface area contributed by atoms with Gasteiger partial charge in [-0.15, -0.1) is 0 Å². The lowest BCUT2D eigenvalue weighted by molar-refractivity contribution is -0.387. The van der Waals surface area contributed by atoms with E-state index < -0.39 is 16.4 Å². The Balaban J connectivity index is 2.34. The van der Waals surface area contributed by atoms with Crippen molar-refractivity contribution in [1.82, 2.24) is 4.90 Å². The van der Waals surface area contributed by atoms with Gasteiger partial charge in [0.1, 0.15) is 0 Å². The summed E-state index contributed by atoms with van der Waals surface area (Å²) in [6.45, 7) is 5.82. The molecule has 0 amide bonds. The molecule has 1 heterocycles. The molecule has 1 aliphatic heterocycles. The molecule has 0 spiro atoms. The van der Waals surface area contributed by atoms with Crippen LogP contribution in [-0.4, -0.2) is 29.0 Å². The summed E-state index contributed by atoms with van der Waals surface area (Å²) in [5.74, 6) is -0.769. The number of nitro benzene ring substituents is 1. The number of nitrogens with zero attached hydrogens (tertiary/aromatic N) is 2. The smallest absolute Gasteiger partial charge is 0.297 e. The summed E-state index contributed by atoms with van der Waals surface area (Å²) < 4.78 is 13.6. The van der Waals surface area contributed by atoms with Crippen LogP contribution < -0.4 is 0 Å². The van der Waals surface area contributed by atoms with Gasteiger partial charge in [-0.05, 0) is 38.0 Å². The van der Waals surface area contributed by atoms with Crippen molar-refractivity contribution >= 4 is 11.3 Å². The van der Waals surface area contributed by atoms with E-state index in [1.165, 1.54) is 6.07 Å². The Morgan fingerprint density at radius 1 is 1.42 bits per heavy atom. The highest BCUT2D eigenvalue weighted by Gasteiger charge is 2.24. The molecule has 4 nitrogen and oxygen atoms in total. The molecule has 1 aromatic carbocycles. The Kier molecular flexibility index (Phi) is 3.95. The molecule has 2 rings (SSSR count). The number of nitro groups is 1. The summed E-state index contributed by atoms with van der Waals surface area (Å²) >= 11 is 0. The lowest BCUT2D eigenvalue weighted by Crippen LogP contribution is -2.34. The van der Waals surface area contributed by atoms with E-state index in [0.29, 0.717) is 18.0 Å². The lowest BCUT2D eigenvalue weighted by atomic mass is 9.97. The predicted octanol–water partition coefficient (Wildman–Crippen LogP) is 3.23. The van der Waals surface area contributed by atoms with Crippen LogP contribution in [0.15, 0.2) is 24.3 Å². The van der Waals surface area contributed by atoms with Gasteiger partial charge in [-0.1, -0.05) is 12.1 Å². The summed E-state index contributed by atoms with van der Waals surface area (Å²) in [7, 11) is 0. The summed E-state index contributed by atoms with van der Waals surface area (Å²) in [6, 6.07) is 4.72. The van der Waals surface area contributed by atoms with Crippen LogP contribution in [0.3, 0.4) is 0 Å². The summed E-state index contributed by atoms with van der Waals surface area (Å²) in [4.78, 5) is 12.6. The predicted molar refractivity (Wildman–Crippen MR) is 72.4 cm³/mol. The third-order valence-electron chi connectivity index (χ3n) is 3.49. The van der Waals surface area contributed by atoms with Crippen LogP contribution in [0.5, 0.6) is 0 Å². The molecule has 0 saturated carbocycles. The standard InChI is InChI=1S/C14H17FN2O2/c1-10(2)16-8-6-11(7-9-16)12-4-3-5-13(15)14(12)17(18)19/h3-6,10H,7-9H2,1-2H3. The Morgan fingerprint density at radius 2 is 2.16 bits per heavy atom. The van der Waals surface area contributed by atoms with Crippen LogP contribution in [0.1, 0.15) is 25.8 Å². The highest BCUT2D eigenvalue weighted by Crippen LogP contribution is 2.32. The van der Waals surface area contributed by atoms with Crippen molar-refractivity contribution in [2.24, 2.45) is 0 Å². The molecule has 0 aliphatic carbocycles. The molecule has 0 saturated heterocycles. The van der Waals surface area contributed by atoms with Crippen molar-refractivity contribution in [3.63, 3.8) is 0 Å². The summed E-state index contributed by atoms with van der Waals surface area (Å²) in [5.41, 5.74) is 0.864. The maximum absolute atomic E-state index is 13.6. The second-order valence-electron chi connectivity index (χ2n) is 4.96. The average Bonchev–Trinajstić information content (AvgIpc) is 2.38. The zero-order valence-electron chi connectivity index (χ0n) is 11.1. The molecule has 1 aromatic rings. The topological polar surface area (TPSA) is 46.4 Å². The second-order valence-corrected chi connectivity index (χ2v) is 4.96. The molecule has 1 aliphatic rings. The molecule has 0 radical (unpaired) electrons. The fourth-order valence-corrected chi connectivity index (χ4v) is 2.36. The molecule has 19 heavy (non-hydrogen) atoms. The Bertz CT molecular complexity index is 526. The van der Waals surface area contributed by atoms with Gasteiger partial charge in [0.25, 0.3) is 0 Å². The maximum Gasteiger partial charge on any atom is 0.312 e. The van der Waals surface area contributed by atoms with E-state index >= 15 is 0 Å². The molecule has 0 unspecified atom stereocenters.